The molecule has 0 radical (unpaired) electrons. The predicted octanol–water partition coefficient (Wildman–Crippen LogP) is 2.11. The van der Waals surface area contributed by atoms with Gasteiger partial charge in [-0.25, -0.2) is 0 Å². The van der Waals surface area contributed by atoms with Crippen LogP contribution in [0.25, 0.3) is 0 Å². The minimum absolute atomic E-state index is 0.0633. The maximum atomic E-state index is 10.4. The van der Waals surface area contributed by atoms with Gasteiger partial charge in [0, 0.05) is 6.42 Å². The third-order valence-corrected chi connectivity index (χ3v) is 2.84. The van der Waals surface area contributed by atoms with Gasteiger partial charge in [-0.3, -0.25) is 0 Å². The van der Waals surface area contributed by atoms with Crippen molar-refractivity contribution in [2.45, 2.75) is 32.5 Å². The molecule has 1 aliphatic heterocycles. The highest BCUT2D eigenvalue weighted by Crippen LogP contribution is 2.33. The van der Waals surface area contributed by atoms with E-state index in [-0.39, 0.29) is 11.7 Å². The largest absolute Gasteiger partial charge is 0.508 e. The van der Waals surface area contributed by atoms with E-state index in [0.29, 0.717) is 19.6 Å². The average Bonchev–Trinajstić information content (AvgIpc) is 2.63. The van der Waals surface area contributed by atoms with Crippen LogP contribution in [0.3, 0.4) is 0 Å². The van der Waals surface area contributed by atoms with E-state index in [1.807, 2.05) is 13.0 Å². The molecule has 3 heteroatoms. The first kappa shape index (κ1) is 10.2. The second kappa shape index (κ2) is 4.03. The van der Waals surface area contributed by atoms with Crippen LogP contribution in [0.5, 0.6) is 5.75 Å². The highest BCUT2D eigenvalue weighted by atomic mass is 16.5. The van der Waals surface area contributed by atoms with Crippen molar-refractivity contribution in [1.82, 2.24) is 0 Å². The summed E-state index contributed by atoms with van der Waals surface area (Å²) >= 11 is 0. The molecule has 1 N–H and O–H groups in total. The smallest absolute Gasteiger partial charge is 0.120 e. The van der Waals surface area contributed by atoms with Crippen LogP contribution in [0.4, 0.5) is 0 Å². The zero-order valence-electron chi connectivity index (χ0n) is 8.69. The molecule has 15 heavy (non-hydrogen) atoms. The number of benzene rings is 1. The number of carbonyl (C=O) groups is 1. The van der Waals surface area contributed by atoms with E-state index < -0.39 is 0 Å². The van der Waals surface area contributed by atoms with Crippen molar-refractivity contribution >= 4 is 6.29 Å². The van der Waals surface area contributed by atoms with Gasteiger partial charge in [-0.05, 0) is 34.7 Å². The van der Waals surface area contributed by atoms with Gasteiger partial charge in [0.05, 0.1) is 13.2 Å². The predicted molar refractivity (Wildman–Crippen MR) is 55.7 cm³/mol. The third-order valence-electron chi connectivity index (χ3n) is 2.84. The first-order chi connectivity index (χ1) is 7.22. The third kappa shape index (κ3) is 1.88. The summed E-state index contributed by atoms with van der Waals surface area (Å²) < 4.78 is 5.28. The van der Waals surface area contributed by atoms with Crippen LogP contribution in [0.15, 0.2) is 12.1 Å². The van der Waals surface area contributed by atoms with Gasteiger partial charge in [0.2, 0.25) is 0 Å². The molecular formula is C12H14O3. The number of phenols is 1. The molecule has 3 nitrogen and oxygen atoms in total. The average molecular weight is 206 g/mol. The molecule has 1 aromatic rings. The van der Waals surface area contributed by atoms with E-state index in [9.17, 15) is 9.90 Å². The minimum Gasteiger partial charge on any atom is -0.508 e. The maximum Gasteiger partial charge on any atom is 0.120 e. The molecule has 0 bridgehead atoms. The molecule has 0 spiro atoms. The lowest BCUT2D eigenvalue weighted by molar-refractivity contribution is -0.108. The Morgan fingerprint density at radius 1 is 1.47 bits per heavy atom. The number of ether oxygens (including phenoxy) is 1. The van der Waals surface area contributed by atoms with Gasteiger partial charge in [-0.1, -0.05) is 6.92 Å². The first-order valence-corrected chi connectivity index (χ1v) is 5.08. The van der Waals surface area contributed by atoms with Gasteiger partial charge in [0.1, 0.15) is 12.0 Å². The molecular weight excluding hydrogens is 192 g/mol. The fraction of sp³-hybridized carbons (Fsp3) is 0.417. The van der Waals surface area contributed by atoms with E-state index in [4.69, 9.17) is 4.74 Å². The Bertz CT molecular complexity index is 385. The zero-order valence-corrected chi connectivity index (χ0v) is 8.69. The second-order valence-electron chi connectivity index (χ2n) is 3.98. The second-order valence-corrected chi connectivity index (χ2v) is 3.98. The topological polar surface area (TPSA) is 46.5 Å². The number of aromatic hydroxyl groups is 1. The van der Waals surface area contributed by atoms with E-state index in [1.54, 1.807) is 6.07 Å². The minimum atomic E-state index is 0.0633. The molecule has 0 saturated heterocycles. The van der Waals surface area contributed by atoms with Crippen molar-refractivity contribution in [3.8, 4) is 5.75 Å². The number of hydrogen-bond acceptors (Lipinski definition) is 3. The Morgan fingerprint density at radius 2 is 2.13 bits per heavy atom. The summed E-state index contributed by atoms with van der Waals surface area (Å²) in [6.07, 6.45) is 1.32. The molecule has 0 aliphatic carbocycles. The van der Waals surface area contributed by atoms with Crippen LogP contribution in [0.1, 0.15) is 36.0 Å². The van der Waals surface area contributed by atoms with Crippen molar-refractivity contribution in [3.05, 3.63) is 28.8 Å². The Kier molecular flexibility index (Phi) is 2.73. The normalized spacial score (nSPS) is 16.1. The number of rotatable bonds is 3. The number of aldehydes is 1. The molecule has 1 aromatic carbocycles. The van der Waals surface area contributed by atoms with Crippen LogP contribution in [0.2, 0.25) is 0 Å². The van der Waals surface area contributed by atoms with Gasteiger partial charge < -0.3 is 14.6 Å². The van der Waals surface area contributed by atoms with Gasteiger partial charge in [0.25, 0.3) is 0 Å². The van der Waals surface area contributed by atoms with Crippen molar-refractivity contribution in [2.24, 2.45) is 0 Å². The summed E-state index contributed by atoms with van der Waals surface area (Å²) in [7, 11) is 0. The van der Waals surface area contributed by atoms with Crippen LogP contribution in [0, 0.1) is 0 Å². The molecule has 1 aliphatic rings. The van der Waals surface area contributed by atoms with Crippen molar-refractivity contribution in [3.63, 3.8) is 0 Å². The molecule has 1 unspecified atom stereocenters. The lowest BCUT2D eigenvalue weighted by Crippen LogP contribution is -1.97. The van der Waals surface area contributed by atoms with Crippen molar-refractivity contribution in [2.75, 3.05) is 0 Å². The fourth-order valence-corrected chi connectivity index (χ4v) is 1.90. The Morgan fingerprint density at radius 3 is 2.80 bits per heavy atom. The zero-order chi connectivity index (χ0) is 10.8. The lowest BCUT2D eigenvalue weighted by atomic mass is 9.94. The van der Waals surface area contributed by atoms with Crippen LogP contribution < -0.4 is 0 Å². The maximum absolute atomic E-state index is 10.4. The monoisotopic (exact) mass is 206 g/mol. The van der Waals surface area contributed by atoms with Crippen molar-refractivity contribution < 1.29 is 14.6 Å². The van der Waals surface area contributed by atoms with Gasteiger partial charge in [-0.2, -0.15) is 0 Å². The van der Waals surface area contributed by atoms with E-state index in [0.717, 1.165) is 23.0 Å². The van der Waals surface area contributed by atoms with Crippen molar-refractivity contribution in [1.29, 1.82) is 0 Å². The first-order valence-electron chi connectivity index (χ1n) is 5.08. The lowest BCUT2D eigenvalue weighted by Gasteiger charge is -2.12. The molecule has 0 saturated carbocycles. The summed E-state index contributed by atoms with van der Waals surface area (Å²) in [4.78, 5) is 10.4. The highest BCUT2D eigenvalue weighted by Gasteiger charge is 2.17. The summed E-state index contributed by atoms with van der Waals surface area (Å²) in [5.74, 6) is 0.335. The molecule has 0 fully saturated rings. The van der Waals surface area contributed by atoms with Crippen LogP contribution >= 0.6 is 0 Å². The molecule has 2 rings (SSSR count). The van der Waals surface area contributed by atoms with Gasteiger partial charge >= 0.3 is 0 Å². The molecule has 0 aromatic heterocycles. The van der Waals surface area contributed by atoms with E-state index >= 15 is 0 Å². The fourth-order valence-electron chi connectivity index (χ4n) is 1.90. The summed E-state index contributed by atoms with van der Waals surface area (Å²) in [6.45, 7) is 3.12. The number of hydrogen-bond donors (Lipinski definition) is 1. The standard InChI is InChI=1S/C12H14O3/c1-8(2-3-13)11-4-9-6-15-7-10(9)5-12(11)14/h3-5,8,14H,2,6-7H2,1H3. The van der Waals surface area contributed by atoms with Crippen LogP contribution in [-0.4, -0.2) is 11.4 Å². The van der Waals surface area contributed by atoms with Crippen LogP contribution in [-0.2, 0) is 22.7 Å². The number of carbonyl (C=O) groups excluding carboxylic acids is 1. The SMILES string of the molecule is CC(CC=O)c1cc2c(cc1O)COC2. The Balaban J connectivity index is 2.35. The van der Waals surface area contributed by atoms with Gasteiger partial charge in [-0.15, -0.1) is 0 Å². The van der Waals surface area contributed by atoms with E-state index in [2.05, 4.69) is 0 Å². The molecule has 0 amide bonds. The van der Waals surface area contributed by atoms with E-state index in [1.165, 1.54) is 0 Å². The highest BCUT2D eigenvalue weighted by molar-refractivity contribution is 5.53. The molecule has 80 valence electrons. The number of phenolic OH excluding ortho intramolecular Hbond substituents is 1. The molecule has 1 heterocycles. The number of fused-ring (bicyclic) bond motifs is 1. The Hall–Kier alpha value is -1.35. The summed E-state index contributed by atoms with van der Waals surface area (Å²) in [5.41, 5.74) is 3.02. The van der Waals surface area contributed by atoms with Gasteiger partial charge in [0.15, 0.2) is 0 Å². The summed E-state index contributed by atoms with van der Waals surface area (Å²) in [6, 6.07) is 3.70. The molecule has 1 atom stereocenters. The summed E-state index contributed by atoms with van der Waals surface area (Å²) in [5, 5.41) is 9.80. The Labute approximate surface area is 88.7 Å². The quantitative estimate of drug-likeness (QED) is 0.770.